The van der Waals surface area contributed by atoms with Gasteiger partial charge in [-0.2, -0.15) is 0 Å². The number of benzene rings is 1. The van der Waals surface area contributed by atoms with Gasteiger partial charge in [-0.25, -0.2) is 0 Å². The fourth-order valence-corrected chi connectivity index (χ4v) is 1.99. The van der Waals surface area contributed by atoms with Crippen LogP contribution in [-0.2, 0) is 6.42 Å². The van der Waals surface area contributed by atoms with Crippen LogP contribution in [0.3, 0.4) is 0 Å². The lowest BCUT2D eigenvalue weighted by Crippen LogP contribution is -2.19. The zero-order valence-electron chi connectivity index (χ0n) is 10.1. The Morgan fingerprint density at radius 2 is 2.00 bits per heavy atom. The molecule has 0 bridgehead atoms. The minimum atomic E-state index is 0. The van der Waals surface area contributed by atoms with Crippen LogP contribution in [0.1, 0.15) is 23.6 Å². The molecule has 0 spiro atoms. The van der Waals surface area contributed by atoms with Crippen LogP contribution in [0.2, 0.25) is 5.02 Å². The third-order valence-corrected chi connectivity index (χ3v) is 3.04. The van der Waals surface area contributed by atoms with E-state index < -0.39 is 0 Å². The third kappa shape index (κ3) is 3.27. The maximum Gasteiger partial charge on any atom is 0.138 e. The summed E-state index contributed by atoms with van der Waals surface area (Å²) in [5.41, 5.74) is 9.30. The summed E-state index contributed by atoms with van der Waals surface area (Å²) in [7, 11) is 1.63. The van der Waals surface area contributed by atoms with E-state index in [1.807, 2.05) is 19.9 Å². The minimum absolute atomic E-state index is 0. The second-order valence-electron chi connectivity index (χ2n) is 3.99. The van der Waals surface area contributed by atoms with Crippen LogP contribution < -0.4 is 10.5 Å². The van der Waals surface area contributed by atoms with Crippen molar-refractivity contribution in [2.45, 2.75) is 33.2 Å². The summed E-state index contributed by atoms with van der Waals surface area (Å²) in [4.78, 5) is 0. The Bertz CT molecular complexity index is 365. The van der Waals surface area contributed by atoms with Gasteiger partial charge in [-0.1, -0.05) is 11.6 Å². The summed E-state index contributed by atoms with van der Waals surface area (Å²) in [6.07, 6.45) is 0.849. The average molecular weight is 264 g/mol. The standard InChI is InChI=1S/C12H18ClNO.ClH/c1-7-5-11(15-4)12(13)9(3)10(7)6-8(2)14;/h5,8H,6,14H2,1-4H3;1H. The molecule has 0 fully saturated rings. The largest absolute Gasteiger partial charge is 0.495 e. The number of hydrogen-bond donors (Lipinski definition) is 1. The lowest BCUT2D eigenvalue weighted by molar-refractivity contribution is 0.414. The zero-order chi connectivity index (χ0) is 11.6. The van der Waals surface area contributed by atoms with Crippen LogP contribution in [0, 0.1) is 13.8 Å². The number of hydrogen-bond acceptors (Lipinski definition) is 2. The predicted octanol–water partition coefficient (Wildman–Crippen LogP) is 3.28. The molecule has 0 aliphatic heterocycles. The summed E-state index contributed by atoms with van der Waals surface area (Å²) in [6, 6.07) is 2.11. The lowest BCUT2D eigenvalue weighted by Gasteiger charge is -2.16. The summed E-state index contributed by atoms with van der Waals surface area (Å²) in [5, 5.41) is 0.693. The van der Waals surface area contributed by atoms with Gasteiger partial charge >= 0.3 is 0 Å². The molecule has 0 saturated heterocycles. The van der Waals surface area contributed by atoms with E-state index in [1.54, 1.807) is 7.11 Å². The van der Waals surface area contributed by atoms with E-state index >= 15 is 0 Å². The lowest BCUT2D eigenvalue weighted by atomic mass is 9.97. The number of aryl methyl sites for hydroxylation is 1. The van der Waals surface area contributed by atoms with Crippen LogP contribution >= 0.6 is 24.0 Å². The Morgan fingerprint density at radius 3 is 2.44 bits per heavy atom. The van der Waals surface area contributed by atoms with Gasteiger partial charge in [-0.05, 0) is 49.9 Å². The van der Waals surface area contributed by atoms with Crippen molar-refractivity contribution in [3.8, 4) is 5.75 Å². The molecule has 2 N–H and O–H groups in total. The van der Waals surface area contributed by atoms with Crippen LogP contribution in [0.5, 0.6) is 5.75 Å². The predicted molar refractivity (Wildman–Crippen MR) is 72.1 cm³/mol. The van der Waals surface area contributed by atoms with Gasteiger partial charge in [-0.3, -0.25) is 0 Å². The van der Waals surface area contributed by atoms with E-state index in [1.165, 1.54) is 11.1 Å². The number of nitrogens with two attached hydrogens (primary N) is 1. The van der Waals surface area contributed by atoms with Crippen molar-refractivity contribution < 1.29 is 4.74 Å². The van der Waals surface area contributed by atoms with E-state index in [0.29, 0.717) is 5.02 Å². The Hall–Kier alpha value is -0.440. The molecule has 0 aromatic heterocycles. The molecular weight excluding hydrogens is 245 g/mol. The Balaban J connectivity index is 0.00000225. The van der Waals surface area contributed by atoms with Gasteiger partial charge in [-0.15, -0.1) is 12.4 Å². The third-order valence-electron chi connectivity index (χ3n) is 2.57. The van der Waals surface area contributed by atoms with Crippen molar-refractivity contribution >= 4 is 24.0 Å². The maximum atomic E-state index is 6.19. The number of ether oxygens (including phenoxy) is 1. The normalized spacial score (nSPS) is 11.9. The number of halogens is 2. The number of methoxy groups -OCH3 is 1. The molecule has 1 aromatic rings. The Morgan fingerprint density at radius 1 is 1.44 bits per heavy atom. The highest BCUT2D eigenvalue weighted by molar-refractivity contribution is 6.33. The van der Waals surface area contributed by atoms with Crippen molar-refractivity contribution in [3.63, 3.8) is 0 Å². The molecule has 0 radical (unpaired) electrons. The van der Waals surface area contributed by atoms with E-state index in [9.17, 15) is 0 Å². The topological polar surface area (TPSA) is 35.2 Å². The van der Waals surface area contributed by atoms with Gasteiger partial charge in [0, 0.05) is 6.04 Å². The molecule has 0 saturated carbocycles. The molecule has 2 nitrogen and oxygen atoms in total. The van der Waals surface area contributed by atoms with Gasteiger partial charge < -0.3 is 10.5 Å². The van der Waals surface area contributed by atoms with Crippen molar-refractivity contribution in [1.82, 2.24) is 0 Å². The smallest absolute Gasteiger partial charge is 0.138 e. The highest BCUT2D eigenvalue weighted by Crippen LogP contribution is 2.32. The van der Waals surface area contributed by atoms with Gasteiger partial charge in [0.05, 0.1) is 12.1 Å². The Labute approximate surface area is 109 Å². The van der Waals surface area contributed by atoms with Crippen molar-refractivity contribution in [3.05, 3.63) is 27.8 Å². The molecule has 0 aliphatic carbocycles. The summed E-state index contributed by atoms with van der Waals surface area (Å²) in [6.45, 7) is 6.07. The molecule has 1 atom stereocenters. The van der Waals surface area contributed by atoms with Crippen molar-refractivity contribution in [1.29, 1.82) is 0 Å². The van der Waals surface area contributed by atoms with Crippen LogP contribution in [0.25, 0.3) is 0 Å². The molecule has 0 aliphatic rings. The molecule has 16 heavy (non-hydrogen) atoms. The van der Waals surface area contributed by atoms with E-state index in [0.717, 1.165) is 17.7 Å². The minimum Gasteiger partial charge on any atom is -0.495 e. The monoisotopic (exact) mass is 263 g/mol. The summed E-state index contributed by atoms with van der Waals surface area (Å²) in [5.74, 6) is 0.736. The fourth-order valence-electron chi connectivity index (χ4n) is 1.74. The summed E-state index contributed by atoms with van der Waals surface area (Å²) >= 11 is 6.19. The molecule has 0 amide bonds. The first-order valence-electron chi connectivity index (χ1n) is 5.05. The molecular formula is C12H19Cl2NO. The van der Waals surface area contributed by atoms with Crippen molar-refractivity contribution in [2.24, 2.45) is 5.73 Å². The second kappa shape index (κ2) is 6.33. The van der Waals surface area contributed by atoms with Crippen LogP contribution in [0.15, 0.2) is 6.07 Å². The van der Waals surface area contributed by atoms with E-state index in [2.05, 4.69) is 6.92 Å². The number of rotatable bonds is 3. The average Bonchev–Trinajstić information content (AvgIpc) is 2.18. The van der Waals surface area contributed by atoms with Crippen molar-refractivity contribution in [2.75, 3.05) is 7.11 Å². The molecule has 92 valence electrons. The molecule has 1 rings (SSSR count). The zero-order valence-corrected chi connectivity index (χ0v) is 11.7. The SMILES string of the molecule is COc1cc(C)c(CC(C)N)c(C)c1Cl.Cl. The van der Waals surface area contributed by atoms with Gasteiger partial charge in [0.25, 0.3) is 0 Å². The van der Waals surface area contributed by atoms with E-state index in [-0.39, 0.29) is 18.4 Å². The molecule has 0 heterocycles. The second-order valence-corrected chi connectivity index (χ2v) is 4.37. The Kier molecular flexibility index (Phi) is 6.16. The van der Waals surface area contributed by atoms with Crippen LogP contribution in [-0.4, -0.2) is 13.2 Å². The first kappa shape index (κ1) is 15.6. The first-order chi connectivity index (χ1) is 6.97. The fraction of sp³-hybridized carbons (Fsp3) is 0.500. The molecule has 1 unspecified atom stereocenters. The van der Waals surface area contributed by atoms with E-state index in [4.69, 9.17) is 22.1 Å². The molecule has 4 heteroatoms. The van der Waals surface area contributed by atoms with Gasteiger partial charge in [0.15, 0.2) is 0 Å². The highest BCUT2D eigenvalue weighted by atomic mass is 35.5. The first-order valence-corrected chi connectivity index (χ1v) is 5.43. The summed E-state index contributed by atoms with van der Waals surface area (Å²) < 4.78 is 5.20. The van der Waals surface area contributed by atoms with Crippen LogP contribution in [0.4, 0.5) is 0 Å². The van der Waals surface area contributed by atoms with Gasteiger partial charge in [0.2, 0.25) is 0 Å². The maximum absolute atomic E-state index is 6.19. The van der Waals surface area contributed by atoms with Gasteiger partial charge in [0.1, 0.15) is 5.75 Å². The highest BCUT2D eigenvalue weighted by Gasteiger charge is 2.12. The quantitative estimate of drug-likeness (QED) is 0.909. The molecule has 1 aromatic carbocycles.